The van der Waals surface area contributed by atoms with E-state index >= 15 is 0 Å². The Morgan fingerprint density at radius 2 is 1.88 bits per heavy atom. The second-order valence-electron chi connectivity index (χ2n) is 3.99. The van der Waals surface area contributed by atoms with E-state index in [4.69, 9.17) is 4.74 Å². The predicted molar refractivity (Wildman–Crippen MR) is 65.2 cm³/mol. The van der Waals surface area contributed by atoms with Crippen LogP contribution in [0.15, 0.2) is 24.3 Å². The number of esters is 1. The van der Waals surface area contributed by atoms with Crippen molar-refractivity contribution in [1.29, 1.82) is 0 Å². The quantitative estimate of drug-likeness (QED) is 0.537. The van der Waals surface area contributed by atoms with Crippen LogP contribution in [-0.2, 0) is 16.0 Å². The molecule has 17 heavy (non-hydrogen) atoms. The van der Waals surface area contributed by atoms with Gasteiger partial charge in [-0.2, -0.15) is 0 Å². The maximum Gasteiger partial charge on any atom is 0.305 e. The van der Waals surface area contributed by atoms with Crippen molar-refractivity contribution in [3.63, 3.8) is 0 Å². The normalized spacial score (nSPS) is 10.2. The van der Waals surface area contributed by atoms with Crippen molar-refractivity contribution in [2.75, 3.05) is 6.61 Å². The molecular weight excluding hydrogens is 219 g/mol. The van der Waals surface area contributed by atoms with Crippen LogP contribution in [0.25, 0.3) is 0 Å². The summed E-state index contributed by atoms with van der Waals surface area (Å²) in [5, 5.41) is 0. The minimum absolute atomic E-state index is 0.116. The van der Waals surface area contributed by atoms with Gasteiger partial charge in [0.1, 0.15) is 5.82 Å². The monoisotopic (exact) mass is 238 g/mol. The molecule has 0 saturated heterocycles. The molecule has 0 aliphatic carbocycles. The molecule has 0 bridgehead atoms. The first kappa shape index (κ1) is 13.7. The Hall–Kier alpha value is -1.38. The molecule has 0 amide bonds. The average Bonchev–Trinajstić information content (AvgIpc) is 2.31. The van der Waals surface area contributed by atoms with Crippen LogP contribution in [0.3, 0.4) is 0 Å². The van der Waals surface area contributed by atoms with Crippen molar-refractivity contribution in [3.8, 4) is 0 Å². The van der Waals surface area contributed by atoms with Gasteiger partial charge in [-0.15, -0.1) is 0 Å². The maximum atomic E-state index is 12.6. The summed E-state index contributed by atoms with van der Waals surface area (Å²) in [6, 6.07) is 6.57. The van der Waals surface area contributed by atoms with Crippen LogP contribution in [-0.4, -0.2) is 12.6 Å². The molecule has 0 aliphatic heterocycles. The number of unbranched alkanes of at least 4 members (excludes halogenated alkanes) is 2. The highest BCUT2D eigenvalue weighted by Crippen LogP contribution is 2.09. The number of rotatable bonds is 7. The lowest BCUT2D eigenvalue weighted by atomic mass is 10.1. The zero-order chi connectivity index (χ0) is 12.5. The van der Waals surface area contributed by atoms with Crippen molar-refractivity contribution in [2.24, 2.45) is 0 Å². The number of hydrogen-bond acceptors (Lipinski definition) is 2. The van der Waals surface area contributed by atoms with E-state index in [1.807, 2.05) is 6.92 Å². The van der Waals surface area contributed by atoms with Gasteiger partial charge in [-0.1, -0.05) is 18.6 Å². The van der Waals surface area contributed by atoms with Crippen molar-refractivity contribution >= 4 is 5.97 Å². The number of carbonyl (C=O) groups is 1. The van der Waals surface area contributed by atoms with E-state index in [1.165, 1.54) is 12.1 Å². The lowest BCUT2D eigenvalue weighted by Gasteiger charge is -2.02. The van der Waals surface area contributed by atoms with Crippen LogP contribution in [0.5, 0.6) is 0 Å². The summed E-state index contributed by atoms with van der Waals surface area (Å²) in [5.41, 5.74) is 1.14. The van der Waals surface area contributed by atoms with Gasteiger partial charge in [0.25, 0.3) is 0 Å². The van der Waals surface area contributed by atoms with Crippen molar-refractivity contribution in [2.45, 2.75) is 39.0 Å². The molecule has 94 valence electrons. The van der Waals surface area contributed by atoms with Crippen LogP contribution in [0.4, 0.5) is 4.39 Å². The second-order valence-corrected chi connectivity index (χ2v) is 3.99. The predicted octanol–water partition coefficient (Wildman–Crippen LogP) is 3.49. The highest BCUT2D eigenvalue weighted by atomic mass is 19.1. The van der Waals surface area contributed by atoms with Crippen LogP contribution >= 0.6 is 0 Å². The Bertz CT molecular complexity index is 333. The van der Waals surface area contributed by atoms with Crippen molar-refractivity contribution < 1.29 is 13.9 Å². The summed E-state index contributed by atoms with van der Waals surface area (Å²) in [4.78, 5) is 11.0. The van der Waals surface area contributed by atoms with Crippen molar-refractivity contribution in [1.82, 2.24) is 0 Å². The van der Waals surface area contributed by atoms with Gasteiger partial charge in [0.15, 0.2) is 0 Å². The largest absolute Gasteiger partial charge is 0.466 e. The fourth-order valence-corrected chi connectivity index (χ4v) is 1.66. The number of carbonyl (C=O) groups excluding carboxylic acids is 1. The summed E-state index contributed by atoms with van der Waals surface area (Å²) in [5.74, 6) is -0.314. The smallest absolute Gasteiger partial charge is 0.305 e. The van der Waals surface area contributed by atoms with Gasteiger partial charge < -0.3 is 4.74 Å². The number of ether oxygens (including phenoxy) is 1. The Balaban J connectivity index is 2.08. The number of halogens is 1. The van der Waals surface area contributed by atoms with E-state index in [0.717, 1.165) is 31.2 Å². The molecular formula is C14H19FO2. The van der Waals surface area contributed by atoms with E-state index in [0.29, 0.717) is 13.0 Å². The molecule has 0 spiro atoms. The molecule has 0 radical (unpaired) electrons. The summed E-state index contributed by atoms with van der Waals surface area (Å²) in [7, 11) is 0. The minimum atomic E-state index is -0.198. The van der Waals surface area contributed by atoms with Crippen LogP contribution < -0.4 is 0 Å². The third-order valence-electron chi connectivity index (χ3n) is 2.56. The first-order valence-electron chi connectivity index (χ1n) is 6.12. The van der Waals surface area contributed by atoms with Gasteiger partial charge in [-0.25, -0.2) is 4.39 Å². The molecule has 1 aromatic rings. The molecule has 0 saturated carbocycles. The summed E-state index contributed by atoms with van der Waals surface area (Å²) in [6.45, 7) is 2.26. The Morgan fingerprint density at radius 1 is 1.18 bits per heavy atom. The fourth-order valence-electron chi connectivity index (χ4n) is 1.66. The summed E-state index contributed by atoms with van der Waals surface area (Å²) >= 11 is 0. The number of aryl methyl sites for hydroxylation is 1. The van der Waals surface area contributed by atoms with Gasteiger partial charge in [0.2, 0.25) is 0 Å². The van der Waals surface area contributed by atoms with Gasteiger partial charge in [-0.3, -0.25) is 4.79 Å². The SMILES string of the molecule is CCOC(=O)CCCCCc1ccc(F)cc1. The van der Waals surface area contributed by atoms with E-state index in [-0.39, 0.29) is 11.8 Å². The number of hydrogen-bond donors (Lipinski definition) is 0. The first-order chi connectivity index (χ1) is 8.22. The molecule has 2 nitrogen and oxygen atoms in total. The third-order valence-corrected chi connectivity index (χ3v) is 2.56. The first-order valence-corrected chi connectivity index (χ1v) is 6.12. The zero-order valence-electron chi connectivity index (χ0n) is 10.2. The van der Waals surface area contributed by atoms with E-state index < -0.39 is 0 Å². The molecule has 0 atom stereocenters. The Labute approximate surface area is 102 Å². The van der Waals surface area contributed by atoms with Gasteiger partial charge in [0, 0.05) is 6.42 Å². The fraction of sp³-hybridized carbons (Fsp3) is 0.500. The molecule has 3 heteroatoms. The molecule has 1 aromatic carbocycles. The lowest BCUT2D eigenvalue weighted by Crippen LogP contribution is -2.03. The number of benzene rings is 1. The van der Waals surface area contributed by atoms with Crippen LogP contribution in [0.1, 0.15) is 38.2 Å². The Kier molecular flexibility index (Phi) is 6.30. The topological polar surface area (TPSA) is 26.3 Å². The van der Waals surface area contributed by atoms with Crippen LogP contribution in [0, 0.1) is 5.82 Å². The van der Waals surface area contributed by atoms with Gasteiger partial charge in [0.05, 0.1) is 6.61 Å². The van der Waals surface area contributed by atoms with Crippen LogP contribution in [0.2, 0.25) is 0 Å². The summed E-state index contributed by atoms with van der Waals surface area (Å²) < 4.78 is 17.5. The van der Waals surface area contributed by atoms with E-state index in [2.05, 4.69) is 0 Å². The highest BCUT2D eigenvalue weighted by molar-refractivity contribution is 5.69. The standard InChI is InChI=1S/C14H19FO2/c1-2-17-14(16)7-5-3-4-6-12-8-10-13(15)11-9-12/h8-11H,2-7H2,1H3. The van der Waals surface area contributed by atoms with Gasteiger partial charge in [-0.05, 0) is 43.9 Å². The average molecular weight is 238 g/mol. The molecule has 0 fully saturated rings. The lowest BCUT2D eigenvalue weighted by molar-refractivity contribution is -0.143. The minimum Gasteiger partial charge on any atom is -0.466 e. The van der Waals surface area contributed by atoms with Crippen molar-refractivity contribution in [3.05, 3.63) is 35.6 Å². The molecule has 1 rings (SSSR count). The van der Waals surface area contributed by atoms with E-state index in [1.54, 1.807) is 12.1 Å². The van der Waals surface area contributed by atoms with Gasteiger partial charge >= 0.3 is 5.97 Å². The maximum absolute atomic E-state index is 12.6. The molecule has 0 aromatic heterocycles. The molecule has 0 aliphatic rings. The third kappa shape index (κ3) is 6.05. The second kappa shape index (κ2) is 7.82. The molecule has 0 heterocycles. The summed E-state index contributed by atoms with van der Waals surface area (Å²) in [6.07, 6.45) is 4.31. The Morgan fingerprint density at radius 3 is 2.53 bits per heavy atom. The highest BCUT2D eigenvalue weighted by Gasteiger charge is 2.01. The molecule has 0 N–H and O–H groups in total. The molecule has 0 unspecified atom stereocenters. The zero-order valence-corrected chi connectivity index (χ0v) is 10.2. The van der Waals surface area contributed by atoms with E-state index in [9.17, 15) is 9.18 Å².